The summed E-state index contributed by atoms with van der Waals surface area (Å²) < 4.78 is 32.4. The van der Waals surface area contributed by atoms with Gasteiger partial charge in [-0.05, 0) is 48.2 Å². The quantitative estimate of drug-likeness (QED) is 0.361. The molecule has 0 bridgehead atoms. The smallest absolute Gasteiger partial charge is 0.327 e. The largest absolute Gasteiger partial charge is 0.755 e. The van der Waals surface area contributed by atoms with Crippen molar-refractivity contribution in [3.63, 3.8) is 0 Å². The number of nitrogens with zero attached hydrogens (tertiary/aromatic N) is 4. The van der Waals surface area contributed by atoms with E-state index in [9.17, 15) is 13.6 Å². The Morgan fingerprint density at radius 1 is 1.56 bits per heavy atom. The average molecular weight is 477 g/mol. The lowest BCUT2D eigenvalue weighted by molar-refractivity contribution is -0.144. The number of pyridine rings is 1. The van der Waals surface area contributed by atoms with Crippen LogP contribution in [-0.2, 0) is 33.8 Å². The van der Waals surface area contributed by atoms with E-state index in [0.717, 1.165) is 17.7 Å². The van der Waals surface area contributed by atoms with E-state index < -0.39 is 17.3 Å². The molecule has 0 N–H and O–H groups in total. The maximum absolute atomic E-state index is 12.0. The first-order valence-corrected chi connectivity index (χ1v) is 10.5. The van der Waals surface area contributed by atoms with Crippen molar-refractivity contribution in [2.75, 3.05) is 10.9 Å². The van der Waals surface area contributed by atoms with E-state index in [1.807, 2.05) is 0 Å². The fourth-order valence-electron chi connectivity index (χ4n) is 3.21. The summed E-state index contributed by atoms with van der Waals surface area (Å²) in [5, 5.41) is 4.53. The van der Waals surface area contributed by atoms with Crippen LogP contribution in [0.25, 0.3) is 0 Å². The fourth-order valence-corrected chi connectivity index (χ4v) is 4.34. The first-order chi connectivity index (χ1) is 12.9. The molecule has 0 spiro atoms. The molecular weight excluding hydrogens is 460 g/mol. The van der Waals surface area contributed by atoms with Gasteiger partial charge in [0.2, 0.25) is 0 Å². The molecule has 27 heavy (non-hydrogen) atoms. The molecule has 146 valence electrons. The van der Waals surface area contributed by atoms with E-state index in [1.54, 1.807) is 23.9 Å². The molecule has 11 heteroatoms. The molecule has 2 heterocycles. The molecule has 0 aromatic carbocycles. The molecule has 0 radical (unpaired) electrons. The standard InChI is InChI=1S/C16H18BrClN4O4S/c1-2-26-15(23)9-21-13-4-3-5-14(11(13)8-20-21)22(27(24)25)10-6-12(17)16(18)19-7-10/h6-8,14H,2-5,9H2,1H3,(H,24,25)/p-1. The molecule has 0 amide bonds. The Bertz CT molecular complexity index is 878. The van der Waals surface area contributed by atoms with E-state index in [4.69, 9.17) is 16.3 Å². The second-order valence-corrected chi connectivity index (χ2v) is 7.97. The predicted octanol–water partition coefficient (Wildman–Crippen LogP) is 2.94. The summed E-state index contributed by atoms with van der Waals surface area (Å²) in [6, 6.07) is 1.18. The van der Waals surface area contributed by atoms with Gasteiger partial charge in [0.15, 0.2) is 0 Å². The number of fused-ring (bicyclic) bond motifs is 1. The summed E-state index contributed by atoms with van der Waals surface area (Å²) in [5.74, 6) is -0.374. The Morgan fingerprint density at radius 3 is 3.00 bits per heavy atom. The van der Waals surface area contributed by atoms with Crippen LogP contribution in [-0.4, -0.2) is 36.1 Å². The Labute approximate surface area is 172 Å². The van der Waals surface area contributed by atoms with Gasteiger partial charge in [0, 0.05) is 22.5 Å². The number of halogens is 2. The van der Waals surface area contributed by atoms with E-state index in [-0.39, 0.29) is 17.7 Å². The number of rotatable bonds is 6. The van der Waals surface area contributed by atoms with Crippen molar-refractivity contribution >= 4 is 50.5 Å². The number of ether oxygens (including phenoxy) is 1. The van der Waals surface area contributed by atoms with Crippen molar-refractivity contribution < 1.29 is 18.3 Å². The van der Waals surface area contributed by atoms with E-state index in [2.05, 4.69) is 26.0 Å². The van der Waals surface area contributed by atoms with Crippen LogP contribution in [0.3, 0.4) is 0 Å². The number of hydrogen-bond donors (Lipinski definition) is 0. The summed E-state index contributed by atoms with van der Waals surface area (Å²) in [6.45, 7) is 2.04. The number of hydrogen-bond acceptors (Lipinski definition) is 6. The summed E-state index contributed by atoms with van der Waals surface area (Å²) >= 11 is 6.67. The van der Waals surface area contributed by atoms with Crippen molar-refractivity contribution in [2.24, 2.45) is 0 Å². The fraction of sp³-hybridized carbons (Fsp3) is 0.438. The topological polar surface area (TPSA) is 100 Å². The lowest BCUT2D eigenvalue weighted by Crippen LogP contribution is -2.33. The van der Waals surface area contributed by atoms with Gasteiger partial charge in [0.05, 0.1) is 35.2 Å². The number of esters is 1. The Morgan fingerprint density at radius 2 is 2.33 bits per heavy atom. The second-order valence-electron chi connectivity index (χ2n) is 5.93. The van der Waals surface area contributed by atoms with Crippen LogP contribution in [0.15, 0.2) is 22.9 Å². The van der Waals surface area contributed by atoms with E-state index in [0.29, 0.717) is 29.6 Å². The predicted molar refractivity (Wildman–Crippen MR) is 103 cm³/mol. The maximum atomic E-state index is 12.0. The third-order valence-electron chi connectivity index (χ3n) is 4.30. The number of carbonyl (C=O) groups is 1. The van der Waals surface area contributed by atoms with Crippen LogP contribution in [0.2, 0.25) is 5.15 Å². The molecular formula is C16H17BrClN4O4S-. The van der Waals surface area contributed by atoms with Crippen molar-refractivity contribution in [1.29, 1.82) is 0 Å². The van der Waals surface area contributed by atoms with Crippen LogP contribution in [0, 0.1) is 0 Å². The Balaban J connectivity index is 1.95. The lowest BCUT2D eigenvalue weighted by Gasteiger charge is -2.36. The number of aromatic nitrogens is 3. The second kappa shape index (κ2) is 8.68. The molecule has 3 rings (SSSR count). The summed E-state index contributed by atoms with van der Waals surface area (Å²) in [6.07, 6.45) is 5.15. The van der Waals surface area contributed by atoms with Crippen LogP contribution in [0.4, 0.5) is 5.69 Å². The highest BCUT2D eigenvalue weighted by molar-refractivity contribution is 9.10. The van der Waals surface area contributed by atoms with Gasteiger partial charge in [-0.1, -0.05) is 11.6 Å². The van der Waals surface area contributed by atoms with Crippen molar-refractivity contribution in [3.05, 3.63) is 39.3 Å². The SMILES string of the molecule is CCOC(=O)Cn1ncc2c1CCCC2N(c1cnc(Cl)c(Br)c1)S(=O)[O-]. The van der Waals surface area contributed by atoms with Gasteiger partial charge in [-0.2, -0.15) is 5.10 Å². The molecule has 0 saturated carbocycles. The first-order valence-electron chi connectivity index (χ1n) is 8.32. The highest BCUT2D eigenvalue weighted by Gasteiger charge is 2.31. The molecule has 1 aliphatic rings. The molecule has 0 saturated heterocycles. The van der Waals surface area contributed by atoms with E-state index in [1.165, 1.54) is 10.5 Å². The minimum absolute atomic E-state index is 0.00437. The highest BCUT2D eigenvalue weighted by atomic mass is 79.9. The van der Waals surface area contributed by atoms with Gasteiger partial charge in [0.1, 0.15) is 11.7 Å². The van der Waals surface area contributed by atoms with Gasteiger partial charge in [-0.25, -0.2) is 4.98 Å². The zero-order valence-electron chi connectivity index (χ0n) is 14.4. The average Bonchev–Trinajstić information content (AvgIpc) is 3.02. The zero-order valence-corrected chi connectivity index (χ0v) is 17.6. The monoisotopic (exact) mass is 475 g/mol. The van der Waals surface area contributed by atoms with Gasteiger partial charge in [-0.3, -0.25) is 18.0 Å². The number of carbonyl (C=O) groups excluding carboxylic acids is 1. The molecule has 0 aliphatic heterocycles. The summed E-state index contributed by atoms with van der Waals surface area (Å²) in [4.78, 5) is 15.8. The van der Waals surface area contributed by atoms with Crippen LogP contribution in [0.1, 0.15) is 37.1 Å². The molecule has 1 aliphatic carbocycles. The molecule has 0 fully saturated rings. The third-order valence-corrected chi connectivity index (χ3v) is 6.22. The summed E-state index contributed by atoms with van der Waals surface area (Å²) in [7, 11) is 0. The van der Waals surface area contributed by atoms with Crippen LogP contribution >= 0.6 is 27.5 Å². The van der Waals surface area contributed by atoms with Crippen LogP contribution in [0.5, 0.6) is 0 Å². The van der Waals surface area contributed by atoms with Crippen molar-refractivity contribution in [1.82, 2.24) is 14.8 Å². The minimum atomic E-state index is -2.53. The van der Waals surface area contributed by atoms with Gasteiger partial charge < -0.3 is 9.29 Å². The Hall–Kier alpha value is -1.49. The first kappa shape index (κ1) is 20.2. The highest BCUT2D eigenvalue weighted by Crippen LogP contribution is 2.38. The minimum Gasteiger partial charge on any atom is -0.755 e. The third kappa shape index (κ3) is 4.34. The molecule has 2 aromatic rings. The van der Waals surface area contributed by atoms with Crippen molar-refractivity contribution in [2.45, 2.75) is 38.8 Å². The van der Waals surface area contributed by atoms with Gasteiger partial charge in [-0.15, -0.1) is 0 Å². The molecule has 2 aromatic heterocycles. The Kier molecular flexibility index (Phi) is 6.51. The molecule has 2 unspecified atom stereocenters. The van der Waals surface area contributed by atoms with Gasteiger partial charge >= 0.3 is 5.97 Å². The maximum Gasteiger partial charge on any atom is 0.327 e. The van der Waals surface area contributed by atoms with Crippen molar-refractivity contribution in [3.8, 4) is 0 Å². The number of anilines is 1. The molecule has 8 nitrogen and oxygen atoms in total. The van der Waals surface area contributed by atoms with Gasteiger partial charge in [0.25, 0.3) is 0 Å². The van der Waals surface area contributed by atoms with E-state index >= 15 is 0 Å². The van der Waals surface area contributed by atoms with Crippen LogP contribution < -0.4 is 4.31 Å². The summed E-state index contributed by atoms with van der Waals surface area (Å²) in [5.41, 5.74) is 2.02. The zero-order chi connectivity index (χ0) is 19.6. The lowest BCUT2D eigenvalue weighted by atomic mass is 9.92. The molecule has 2 atom stereocenters. The normalized spacial score (nSPS) is 17.3.